The molecule has 0 spiro atoms. The van der Waals surface area contributed by atoms with Gasteiger partial charge in [0.1, 0.15) is 4.33 Å². The molecule has 2 fully saturated rings. The van der Waals surface area contributed by atoms with Crippen LogP contribution >= 0.6 is 23.2 Å². The zero-order chi connectivity index (χ0) is 16.9. The van der Waals surface area contributed by atoms with Gasteiger partial charge in [0.15, 0.2) is 11.5 Å². The summed E-state index contributed by atoms with van der Waals surface area (Å²) in [6.07, 6.45) is 0.541. The Morgan fingerprint density at radius 3 is 2.50 bits per heavy atom. The second kappa shape index (κ2) is 5.68. The van der Waals surface area contributed by atoms with E-state index in [-0.39, 0.29) is 5.91 Å². The number of ether oxygens (including phenoxy) is 2. The van der Waals surface area contributed by atoms with Crippen LogP contribution in [-0.2, 0) is 11.3 Å². The molecule has 4 rings (SSSR count). The summed E-state index contributed by atoms with van der Waals surface area (Å²) >= 11 is 12.3. The summed E-state index contributed by atoms with van der Waals surface area (Å²) in [6.45, 7) is 6.09. The van der Waals surface area contributed by atoms with Crippen molar-refractivity contribution in [1.29, 1.82) is 0 Å². The van der Waals surface area contributed by atoms with Crippen molar-refractivity contribution >= 4 is 29.1 Å². The smallest absolute Gasteiger partial charge is 0.231 e. The number of halogens is 2. The first-order chi connectivity index (χ1) is 11.4. The number of carbonyl (C=O) groups excluding carboxylic acids is 1. The number of benzene rings is 1. The maximum atomic E-state index is 12.6. The number of carbonyl (C=O) groups is 1. The Morgan fingerprint density at radius 1 is 1.17 bits per heavy atom. The van der Waals surface area contributed by atoms with Crippen molar-refractivity contribution in [3.63, 3.8) is 0 Å². The summed E-state index contributed by atoms with van der Waals surface area (Å²) in [5.41, 5.74) is 0.573. The highest BCUT2D eigenvalue weighted by Crippen LogP contribution is 2.64. The molecule has 0 N–H and O–H groups in total. The molecule has 0 unspecified atom stereocenters. The highest BCUT2D eigenvalue weighted by atomic mass is 35.5. The van der Waals surface area contributed by atoms with E-state index < -0.39 is 9.75 Å². The quantitative estimate of drug-likeness (QED) is 0.767. The third-order valence-corrected chi connectivity index (χ3v) is 6.33. The van der Waals surface area contributed by atoms with Crippen molar-refractivity contribution in [3.8, 4) is 11.5 Å². The Bertz CT molecular complexity index is 674. The van der Waals surface area contributed by atoms with E-state index in [1.54, 1.807) is 0 Å². The van der Waals surface area contributed by atoms with Crippen LogP contribution in [0.4, 0.5) is 0 Å². The number of alkyl halides is 2. The van der Waals surface area contributed by atoms with Gasteiger partial charge in [0, 0.05) is 32.7 Å². The topological polar surface area (TPSA) is 42.0 Å². The standard InChI is InChI=1S/C17H20Cl2N2O3/c1-16(10-17(16,18)19)15(22)21-6-4-20(5-7-21)9-12-2-3-13-14(8-12)24-11-23-13/h2-3,8H,4-7,9-11H2,1H3/t16-/m1/s1. The fourth-order valence-corrected chi connectivity index (χ4v) is 4.08. The Morgan fingerprint density at radius 2 is 1.83 bits per heavy atom. The van der Waals surface area contributed by atoms with Gasteiger partial charge in [-0.3, -0.25) is 9.69 Å². The van der Waals surface area contributed by atoms with Crippen LogP contribution in [0.25, 0.3) is 0 Å². The van der Waals surface area contributed by atoms with Gasteiger partial charge in [-0.25, -0.2) is 0 Å². The molecular weight excluding hydrogens is 351 g/mol. The van der Waals surface area contributed by atoms with E-state index in [0.717, 1.165) is 31.1 Å². The first kappa shape index (κ1) is 16.3. The molecule has 1 amide bonds. The molecule has 5 nitrogen and oxygen atoms in total. The van der Waals surface area contributed by atoms with Crippen molar-refractivity contribution in [3.05, 3.63) is 23.8 Å². The molecule has 130 valence electrons. The van der Waals surface area contributed by atoms with Crippen molar-refractivity contribution in [2.45, 2.75) is 24.2 Å². The highest BCUT2D eigenvalue weighted by Gasteiger charge is 2.68. The second-order valence-electron chi connectivity index (χ2n) is 6.97. The molecule has 7 heteroatoms. The zero-order valence-electron chi connectivity index (χ0n) is 13.6. The minimum Gasteiger partial charge on any atom is -0.454 e. The lowest BCUT2D eigenvalue weighted by Gasteiger charge is -2.36. The fourth-order valence-electron chi connectivity index (χ4n) is 3.39. The van der Waals surface area contributed by atoms with Crippen LogP contribution in [0.15, 0.2) is 18.2 Å². The molecule has 1 atom stereocenters. The summed E-state index contributed by atoms with van der Waals surface area (Å²) in [5.74, 6) is 1.69. The lowest BCUT2D eigenvalue weighted by Crippen LogP contribution is -2.50. The largest absolute Gasteiger partial charge is 0.454 e. The third kappa shape index (κ3) is 2.72. The average Bonchev–Trinajstić information content (AvgIpc) is 2.89. The van der Waals surface area contributed by atoms with Gasteiger partial charge in [0.2, 0.25) is 12.7 Å². The second-order valence-corrected chi connectivity index (χ2v) is 8.45. The normalized spacial score (nSPS) is 28.0. The molecule has 3 aliphatic rings. The SMILES string of the molecule is C[C@]1(C(=O)N2CCN(Cc3ccc4c(c3)OCO4)CC2)CC1(Cl)Cl. The average molecular weight is 371 g/mol. The number of hydrogen-bond donors (Lipinski definition) is 0. The summed E-state index contributed by atoms with van der Waals surface area (Å²) in [4.78, 5) is 16.8. The van der Waals surface area contributed by atoms with Crippen molar-refractivity contribution in [2.75, 3.05) is 33.0 Å². The Hall–Kier alpha value is -1.17. The molecule has 0 aromatic heterocycles. The minimum absolute atomic E-state index is 0.0789. The van der Waals surface area contributed by atoms with Crippen molar-refractivity contribution < 1.29 is 14.3 Å². The third-order valence-electron chi connectivity index (χ3n) is 5.23. The van der Waals surface area contributed by atoms with Gasteiger partial charge < -0.3 is 14.4 Å². The molecule has 2 heterocycles. The molecule has 0 bridgehead atoms. The first-order valence-electron chi connectivity index (χ1n) is 8.17. The molecular formula is C17H20Cl2N2O3. The maximum Gasteiger partial charge on any atom is 0.231 e. The van der Waals surface area contributed by atoms with Gasteiger partial charge in [-0.05, 0) is 31.0 Å². The van der Waals surface area contributed by atoms with Crippen LogP contribution < -0.4 is 9.47 Å². The van der Waals surface area contributed by atoms with E-state index in [0.29, 0.717) is 26.3 Å². The number of hydrogen-bond acceptors (Lipinski definition) is 4. The monoisotopic (exact) mass is 370 g/mol. The van der Waals surface area contributed by atoms with Crippen LogP contribution in [0, 0.1) is 5.41 Å². The molecule has 0 radical (unpaired) electrons. The summed E-state index contributed by atoms with van der Waals surface area (Å²) in [6, 6.07) is 6.04. The molecule has 24 heavy (non-hydrogen) atoms. The van der Waals surface area contributed by atoms with Crippen LogP contribution in [0.5, 0.6) is 11.5 Å². The lowest BCUT2D eigenvalue weighted by molar-refractivity contribution is -0.138. The predicted molar refractivity (Wildman–Crippen MR) is 91.6 cm³/mol. The predicted octanol–water partition coefficient (Wildman–Crippen LogP) is 2.64. The molecule has 2 aliphatic heterocycles. The molecule has 1 aromatic carbocycles. The zero-order valence-corrected chi connectivity index (χ0v) is 15.1. The number of amides is 1. The number of piperazine rings is 1. The lowest BCUT2D eigenvalue weighted by atomic mass is 10.1. The molecule has 1 saturated heterocycles. The molecule has 1 aliphatic carbocycles. The fraction of sp³-hybridized carbons (Fsp3) is 0.588. The number of nitrogens with zero attached hydrogens (tertiary/aromatic N) is 2. The first-order valence-corrected chi connectivity index (χ1v) is 8.93. The molecule has 1 saturated carbocycles. The van der Waals surface area contributed by atoms with Gasteiger partial charge in [0.25, 0.3) is 0 Å². The van der Waals surface area contributed by atoms with Crippen LogP contribution in [-0.4, -0.2) is 53.0 Å². The van der Waals surface area contributed by atoms with E-state index in [9.17, 15) is 4.79 Å². The van der Waals surface area contributed by atoms with E-state index in [4.69, 9.17) is 32.7 Å². The number of rotatable bonds is 3. The van der Waals surface area contributed by atoms with E-state index in [1.807, 2.05) is 24.0 Å². The summed E-state index contributed by atoms with van der Waals surface area (Å²) in [5, 5.41) is 0. The molecule has 1 aromatic rings. The van der Waals surface area contributed by atoms with Gasteiger partial charge in [0.05, 0.1) is 5.41 Å². The van der Waals surface area contributed by atoms with Gasteiger partial charge in [-0.2, -0.15) is 0 Å². The Kier molecular flexibility index (Phi) is 3.86. The van der Waals surface area contributed by atoms with Crippen molar-refractivity contribution in [2.24, 2.45) is 5.41 Å². The van der Waals surface area contributed by atoms with Gasteiger partial charge in [-0.15, -0.1) is 23.2 Å². The van der Waals surface area contributed by atoms with Crippen LogP contribution in [0.2, 0.25) is 0 Å². The van der Waals surface area contributed by atoms with E-state index in [1.165, 1.54) is 5.56 Å². The summed E-state index contributed by atoms with van der Waals surface area (Å²) in [7, 11) is 0. The number of fused-ring (bicyclic) bond motifs is 1. The van der Waals surface area contributed by atoms with Crippen molar-refractivity contribution in [1.82, 2.24) is 9.80 Å². The van der Waals surface area contributed by atoms with Crippen LogP contribution in [0.3, 0.4) is 0 Å². The highest BCUT2D eigenvalue weighted by molar-refractivity contribution is 6.53. The summed E-state index contributed by atoms with van der Waals surface area (Å²) < 4.78 is 9.86. The Labute approximate surface area is 151 Å². The minimum atomic E-state index is -0.895. The van der Waals surface area contributed by atoms with E-state index in [2.05, 4.69) is 11.0 Å². The Balaban J connectivity index is 1.33. The van der Waals surface area contributed by atoms with Gasteiger partial charge >= 0.3 is 0 Å². The maximum absolute atomic E-state index is 12.6. The van der Waals surface area contributed by atoms with E-state index >= 15 is 0 Å². The van der Waals surface area contributed by atoms with Crippen LogP contribution in [0.1, 0.15) is 18.9 Å². The van der Waals surface area contributed by atoms with Gasteiger partial charge in [-0.1, -0.05) is 6.07 Å².